The van der Waals surface area contributed by atoms with Crippen molar-refractivity contribution in [1.29, 1.82) is 0 Å². The molecular weight excluding hydrogens is 253 g/mol. The van der Waals surface area contributed by atoms with Crippen molar-refractivity contribution in [3.8, 4) is 0 Å². The summed E-state index contributed by atoms with van der Waals surface area (Å²) in [7, 11) is 0. The first kappa shape index (κ1) is 14.2. The van der Waals surface area contributed by atoms with Gasteiger partial charge in [-0.3, -0.25) is 4.79 Å². The number of alkyl halides is 3. The van der Waals surface area contributed by atoms with Crippen LogP contribution in [0, 0.1) is 0 Å². The number of aliphatic hydroxyl groups excluding tert-OH is 1. The summed E-state index contributed by atoms with van der Waals surface area (Å²) in [5.74, 6) is -0.912. The number of carbonyl (C=O) groups is 1. The first-order valence-corrected chi connectivity index (χ1v) is 4.89. The number of halogens is 3. The van der Waals surface area contributed by atoms with E-state index in [1.807, 2.05) is 0 Å². The maximum absolute atomic E-state index is 12.2. The number of nitrogens with zero attached hydrogens (tertiary/aromatic N) is 3. The van der Waals surface area contributed by atoms with Crippen molar-refractivity contribution in [3.05, 3.63) is 17.8 Å². The van der Waals surface area contributed by atoms with Gasteiger partial charge in [-0.1, -0.05) is 0 Å². The van der Waals surface area contributed by atoms with Crippen molar-refractivity contribution in [3.63, 3.8) is 0 Å². The lowest BCUT2D eigenvalue weighted by Crippen LogP contribution is -2.41. The molecule has 0 aliphatic carbocycles. The Morgan fingerprint density at radius 1 is 1.39 bits per heavy atom. The molecule has 0 saturated heterocycles. The zero-order valence-corrected chi connectivity index (χ0v) is 9.18. The molecule has 1 heterocycles. The fraction of sp³-hybridized carbons (Fsp3) is 0.444. The summed E-state index contributed by atoms with van der Waals surface area (Å²) < 4.78 is 36.7. The Balaban J connectivity index is 2.85. The highest BCUT2D eigenvalue weighted by atomic mass is 19.4. The lowest BCUT2D eigenvalue weighted by molar-refractivity contribution is -0.141. The number of hydrogen-bond donors (Lipinski definition) is 2. The van der Waals surface area contributed by atoms with Crippen molar-refractivity contribution in [2.24, 2.45) is 0 Å². The molecule has 1 amide bonds. The second-order valence-corrected chi connectivity index (χ2v) is 3.41. The molecule has 0 unspecified atom stereocenters. The molecule has 3 N–H and O–H groups in total. The SMILES string of the molecule is Nc1ccc(C(=O)N(CCO)CC(F)(F)F)nn1. The molecule has 0 bridgehead atoms. The summed E-state index contributed by atoms with van der Waals surface area (Å²) in [6, 6.07) is 2.43. The molecule has 1 aromatic rings. The van der Waals surface area contributed by atoms with Gasteiger partial charge in [-0.2, -0.15) is 13.2 Å². The molecule has 6 nitrogen and oxygen atoms in total. The van der Waals surface area contributed by atoms with Gasteiger partial charge in [-0.25, -0.2) is 0 Å². The molecular formula is C9H11F3N4O2. The molecule has 0 aromatic carbocycles. The van der Waals surface area contributed by atoms with Gasteiger partial charge in [0.1, 0.15) is 12.4 Å². The fourth-order valence-electron chi connectivity index (χ4n) is 1.21. The molecule has 0 atom stereocenters. The van der Waals surface area contributed by atoms with Gasteiger partial charge in [0.2, 0.25) is 0 Å². The number of hydrogen-bond acceptors (Lipinski definition) is 5. The van der Waals surface area contributed by atoms with Crippen LogP contribution >= 0.6 is 0 Å². The molecule has 0 saturated carbocycles. The highest BCUT2D eigenvalue weighted by molar-refractivity contribution is 5.92. The number of nitrogens with two attached hydrogens (primary N) is 1. The van der Waals surface area contributed by atoms with E-state index in [4.69, 9.17) is 10.8 Å². The Morgan fingerprint density at radius 2 is 2.06 bits per heavy atom. The molecule has 0 fully saturated rings. The first-order chi connectivity index (χ1) is 8.33. The van der Waals surface area contributed by atoms with Crippen molar-refractivity contribution in [1.82, 2.24) is 15.1 Å². The summed E-state index contributed by atoms with van der Waals surface area (Å²) in [5.41, 5.74) is 4.98. The quantitative estimate of drug-likeness (QED) is 0.802. The second-order valence-electron chi connectivity index (χ2n) is 3.41. The van der Waals surface area contributed by atoms with Crippen molar-refractivity contribution in [2.45, 2.75) is 6.18 Å². The largest absolute Gasteiger partial charge is 0.406 e. The minimum Gasteiger partial charge on any atom is -0.395 e. The van der Waals surface area contributed by atoms with E-state index < -0.39 is 31.8 Å². The number of aromatic nitrogens is 2. The molecule has 9 heteroatoms. The van der Waals surface area contributed by atoms with Crippen LogP contribution in [-0.2, 0) is 0 Å². The van der Waals surface area contributed by atoms with Gasteiger partial charge < -0.3 is 15.7 Å². The third kappa shape index (κ3) is 4.17. The molecule has 0 aliphatic heterocycles. The summed E-state index contributed by atoms with van der Waals surface area (Å²) in [6.07, 6.45) is -4.55. The Hall–Kier alpha value is -1.90. The Labute approximate surface area is 100 Å². The number of aliphatic hydroxyl groups is 1. The van der Waals surface area contributed by atoms with Crippen LogP contribution in [0.25, 0.3) is 0 Å². The molecule has 100 valence electrons. The van der Waals surface area contributed by atoms with Crippen molar-refractivity contribution >= 4 is 11.7 Å². The third-order valence-electron chi connectivity index (χ3n) is 1.93. The van der Waals surface area contributed by atoms with Gasteiger partial charge in [-0.05, 0) is 12.1 Å². The third-order valence-corrected chi connectivity index (χ3v) is 1.93. The monoisotopic (exact) mass is 264 g/mol. The zero-order valence-electron chi connectivity index (χ0n) is 9.18. The molecule has 1 rings (SSSR count). The highest BCUT2D eigenvalue weighted by Gasteiger charge is 2.33. The minimum atomic E-state index is -4.55. The van der Waals surface area contributed by atoms with Crippen LogP contribution in [0.5, 0.6) is 0 Å². The van der Waals surface area contributed by atoms with Gasteiger partial charge in [-0.15, -0.1) is 10.2 Å². The number of nitrogen functional groups attached to an aromatic ring is 1. The summed E-state index contributed by atoms with van der Waals surface area (Å²) >= 11 is 0. The molecule has 0 radical (unpaired) electrons. The molecule has 0 spiro atoms. The van der Waals surface area contributed by atoms with Crippen LogP contribution in [0.3, 0.4) is 0 Å². The first-order valence-electron chi connectivity index (χ1n) is 4.89. The Morgan fingerprint density at radius 3 is 2.50 bits per heavy atom. The smallest absolute Gasteiger partial charge is 0.395 e. The Kier molecular flexibility index (Phi) is 4.43. The standard InChI is InChI=1S/C9H11F3N4O2/c10-9(11,12)5-16(3-4-17)8(18)6-1-2-7(13)15-14-6/h1-2,17H,3-5H2,(H2,13,15). The van der Waals surface area contributed by atoms with E-state index in [0.29, 0.717) is 4.90 Å². The lowest BCUT2D eigenvalue weighted by Gasteiger charge is -2.22. The number of anilines is 1. The number of rotatable bonds is 4. The summed E-state index contributed by atoms with van der Waals surface area (Å²) in [4.78, 5) is 12.1. The predicted octanol–water partition coefficient (Wildman–Crippen LogP) is 0.0556. The minimum absolute atomic E-state index is 0.0519. The van der Waals surface area contributed by atoms with Crippen LogP contribution in [0.15, 0.2) is 12.1 Å². The van der Waals surface area contributed by atoms with E-state index in [1.54, 1.807) is 0 Å². The van der Waals surface area contributed by atoms with Crippen LogP contribution in [0.2, 0.25) is 0 Å². The Bertz CT molecular complexity index is 407. The average Bonchev–Trinajstić information content (AvgIpc) is 2.27. The zero-order chi connectivity index (χ0) is 13.8. The van der Waals surface area contributed by atoms with E-state index in [1.165, 1.54) is 12.1 Å². The van der Waals surface area contributed by atoms with E-state index in [2.05, 4.69) is 10.2 Å². The maximum Gasteiger partial charge on any atom is 0.406 e. The van der Waals surface area contributed by atoms with Crippen LogP contribution < -0.4 is 5.73 Å². The topological polar surface area (TPSA) is 92.3 Å². The summed E-state index contributed by atoms with van der Waals surface area (Å²) in [5, 5.41) is 15.4. The van der Waals surface area contributed by atoms with Crippen LogP contribution in [-0.4, -0.2) is 52.0 Å². The van der Waals surface area contributed by atoms with Crippen molar-refractivity contribution < 1.29 is 23.1 Å². The van der Waals surface area contributed by atoms with E-state index in [9.17, 15) is 18.0 Å². The maximum atomic E-state index is 12.2. The van der Waals surface area contributed by atoms with Crippen LogP contribution in [0.4, 0.5) is 19.0 Å². The molecule has 0 aliphatic rings. The number of carbonyl (C=O) groups excluding carboxylic acids is 1. The van der Waals surface area contributed by atoms with Gasteiger partial charge in [0.25, 0.3) is 5.91 Å². The number of amides is 1. The van der Waals surface area contributed by atoms with E-state index >= 15 is 0 Å². The van der Waals surface area contributed by atoms with Gasteiger partial charge in [0.05, 0.1) is 6.61 Å². The normalized spacial score (nSPS) is 11.3. The highest BCUT2D eigenvalue weighted by Crippen LogP contribution is 2.17. The van der Waals surface area contributed by atoms with E-state index in [0.717, 1.165) is 0 Å². The van der Waals surface area contributed by atoms with Crippen LogP contribution in [0.1, 0.15) is 10.5 Å². The molecule has 1 aromatic heterocycles. The predicted molar refractivity (Wildman–Crippen MR) is 55.5 cm³/mol. The second kappa shape index (κ2) is 5.63. The van der Waals surface area contributed by atoms with E-state index in [-0.39, 0.29) is 11.5 Å². The lowest BCUT2D eigenvalue weighted by atomic mass is 10.3. The average molecular weight is 264 g/mol. The van der Waals surface area contributed by atoms with Gasteiger partial charge >= 0.3 is 6.18 Å². The van der Waals surface area contributed by atoms with Gasteiger partial charge in [0.15, 0.2) is 5.69 Å². The summed E-state index contributed by atoms with van der Waals surface area (Å²) in [6.45, 7) is -2.48. The molecule has 18 heavy (non-hydrogen) atoms. The van der Waals surface area contributed by atoms with Gasteiger partial charge in [0, 0.05) is 6.54 Å². The van der Waals surface area contributed by atoms with Crippen molar-refractivity contribution in [2.75, 3.05) is 25.4 Å². The fourth-order valence-corrected chi connectivity index (χ4v) is 1.21.